The normalized spacial score (nSPS) is 11.7. The van der Waals surface area contributed by atoms with Crippen molar-refractivity contribution in [3.8, 4) is 0 Å². The monoisotopic (exact) mass is 382 g/mol. The maximum atomic E-state index is 12.9. The summed E-state index contributed by atoms with van der Waals surface area (Å²) in [5, 5.41) is 2.86. The third-order valence-electron chi connectivity index (χ3n) is 4.66. The Morgan fingerprint density at radius 2 is 1.54 bits per heavy atom. The molecular weight excluding hydrogens is 352 g/mol. The summed E-state index contributed by atoms with van der Waals surface area (Å²) in [6.45, 7) is 4.58. The van der Waals surface area contributed by atoms with Gasteiger partial charge in [-0.3, -0.25) is 0 Å². The Hall–Kier alpha value is -2.82. The summed E-state index contributed by atoms with van der Waals surface area (Å²) in [6, 6.07) is 18.9. The van der Waals surface area contributed by atoms with Crippen LogP contribution in [-0.4, -0.2) is 42.6 Å². The quantitative estimate of drug-likeness (QED) is 0.671. The van der Waals surface area contributed by atoms with Crippen LogP contribution < -0.4 is 5.32 Å². The highest BCUT2D eigenvalue weighted by atomic mass is 16.5. The maximum absolute atomic E-state index is 12.9. The number of aryl methyl sites for hydroxylation is 1. The van der Waals surface area contributed by atoms with E-state index >= 15 is 0 Å². The van der Waals surface area contributed by atoms with Crippen LogP contribution in [0.4, 0.5) is 4.79 Å². The first kappa shape index (κ1) is 21.5. The molecule has 0 radical (unpaired) electrons. The lowest BCUT2D eigenvalue weighted by atomic mass is 10.1. The third-order valence-corrected chi connectivity index (χ3v) is 4.66. The lowest BCUT2D eigenvalue weighted by Crippen LogP contribution is -2.51. The number of methoxy groups -OCH3 is 1. The van der Waals surface area contributed by atoms with E-state index in [-0.39, 0.29) is 12.1 Å². The second-order valence-electron chi connectivity index (χ2n) is 7.09. The Kier molecular flexibility index (Phi) is 8.53. The topological polar surface area (TPSA) is 58.6 Å². The van der Waals surface area contributed by atoms with Crippen molar-refractivity contribution in [1.29, 1.82) is 0 Å². The second kappa shape index (κ2) is 11.1. The minimum Gasteiger partial charge on any atom is -0.467 e. The zero-order valence-electron chi connectivity index (χ0n) is 16.9. The van der Waals surface area contributed by atoms with Crippen LogP contribution in [0.15, 0.2) is 60.7 Å². The number of carbonyl (C=O) groups excluding carboxylic acids is 2. The smallest absolute Gasteiger partial charge is 0.328 e. The number of carbonyl (C=O) groups is 2. The number of benzene rings is 2. The van der Waals surface area contributed by atoms with Crippen molar-refractivity contribution >= 4 is 12.0 Å². The molecule has 1 atom stereocenters. The van der Waals surface area contributed by atoms with Crippen LogP contribution in [0.5, 0.6) is 0 Å². The number of amides is 2. The van der Waals surface area contributed by atoms with E-state index in [0.29, 0.717) is 13.0 Å². The molecule has 2 amide bonds. The van der Waals surface area contributed by atoms with Crippen molar-refractivity contribution in [2.24, 2.45) is 0 Å². The van der Waals surface area contributed by atoms with Gasteiger partial charge in [0, 0.05) is 19.0 Å². The highest BCUT2D eigenvalue weighted by Gasteiger charge is 2.25. The molecule has 5 heteroatoms. The zero-order valence-corrected chi connectivity index (χ0v) is 16.9. The van der Waals surface area contributed by atoms with Crippen LogP contribution in [0.2, 0.25) is 0 Å². The van der Waals surface area contributed by atoms with Crippen LogP contribution in [0, 0.1) is 0 Å². The van der Waals surface area contributed by atoms with Crippen LogP contribution in [0.1, 0.15) is 31.4 Å². The van der Waals surface area contributed by atoms with E-state index in [0.717, 1.165) is 18.4 Å². The van der Waals surface area contributed by atoms with Crippen LogP contribution in [0.3, 0.4) is 0 Å². The van der Waals surface area contributed by atoms with Crippen molar-refractivity contribution in [1.82, 2.24) is 10.2 Å². The van der Waals surface area contributed by atoms with Crippen molar-refractivity contribution in [3.63, 3.8) is 0 Å². The van der Waals surface area contributed by atoms with Crippen molar-refractivity contribution in [2.45, 2.75) is 45.2 Å². The fourth-order valence-corrected chi connectivity index (χ4v) is 3.11. The Balaban J connectivity index is 1.97. The molecule has 28 heavy (non-hydrogen) atoms. The molecule has 2 aromatic rings. The van der Waals surface area contributed by atoms with Gasteiger partial charge in [-0.25, -0.2) is 9.59 Å². The van der Waals surface area contributed by atoms with E-state index in [1.54, 1.807) is 4.90 Å². The van der Waals surface area contributed by atoms with Gasteiger partial charge in [-0.1, -0.05) is 60.7 Å². The summed E-state index contributed by atoms with van der Waals surface area (Å²) in [6.07, 6.45) is 2.16. The predicted molar refractivity (Wildman–Crippen MR) is 111 cm³/mol. The summed E-state index contributed by atoms with van der Waals surface area (Å²) in [7, 11) is 1.34. The fraction of sp³-hybridized carbons (Fsp3) is 0.391. The number of esters is 1. The molecule has 0 aromatic heterocycles. The van der Waals surface area contributed by atoms with Gasteiger partial charge in [-0.2, -0.15) is 0 Å². The van der Waals surface area contributed by atoms with E-state index in [1.165, 1.54) is 12.7 Å². The van der Waals surface area contributed by atoms with E-state index in [4.69, 9.17) is 4.74 Å². The number of rotatable bonds is 9. The molecule has 5 nitrogen and oxygen atoms in total. The average Bonchev–Trinajstić information content (AvgIpc) is 2.71. The van der Waals surface area contributed by atoms with Gasteiger partial charge in [0.2, 0.25) is 0 Å². The fourth-order valence-electron chi connectivity index (χ4n) is 3.11. The molecule has 1 N–H and O–H groups in total. The Morgan fingerprint density at radius 1 is 0.964 bits per heavy atom. The summed E-state index contributed by atoms with van der Waals surface area (Å²) >= 11 is 0. The maximum Gasteiger partial charge on any atom is 0.328 e. The van der Waals surface area contributed by atoms with Gasteiger partial charge in [-0.05, 0) is 37.8 Å². The molecule has 0 heterocycles. The molecule has 0 spiro atoms. The van der Waals surface area contributed by atoms with E-state index in [1.807, 2.05) is 62.4 Å². The molecule has 0 unspecified atom stereocenters. The average molecular weight is 383 g/mol. The Morgan fingerprint density at radius 3 is 2.07 bits per heavy atom. The largest absolute Gasteiger partial charge is 0.467 e. The molecule has 0 fully saturated rings. The second-order valence-corrected chi connectivity index (χ2v) is 7.09. The highest BCUT2D eigenvalue weighted by Crippen LogP contribution is 2.09. The highest BCUT2D eigenvalue weighted by molar-refractivity contribution is 5.84. The van der Waals surface area contributed by atoms with Gasteiger partial charge in [-0.15, -0.1) is 0 Å². The molecule has 2 aromatic carbocycles. The van der Waals surface area contributed by atoms with Crippen molar-refractivity contribution in [3.05, 3.63) is 71.8 Å². The van der Waals surface area contributed by atoms with Gasteiger partial charge < -0.3 is 15.0 Å². The van der Waals surface area contributed by atoms with Crippen LogP contribution in [0.25, 0.3) is 0 Å². The summed E-state index contributed by atoms with van der Waals surface area (Å²) in [4.78, 5) is 26.8. The molecule has 0 saturated carbocycles. The number of nitrogens with zero attached hydrogens (tertiary/aromatic N) is 1. The van der Waals surface area contributed by atoms with Crippen LogP contribution >= 0.6 is 0 Å². The lowest BCUT2D eigenvalue weighted by Gasteiger charge is -2.29. The molecular formula is C23H30N2O3. The molecule has 2 rings (SSSR count). The van der Waals surface area contributed by atoms with Crippen LogP contribution in [-0.2, 0) is 22.4 Å². The molecule has 150 valence electrons. The van der Waals surface area contributed by atoms with Crippen molar-refractivity contribution in [2.75, 3.05) is 13.7 Å². The number of ether oxygens (including phenoxy) is 1. The SMILES string of the molecule is COC(=O)[C@H](Cc1ccccc1)NC(=O)N(CCCc1ccccc1)C(C)C. The summed E-state index contributed by atoms with van der Waals surface area (Å²) in [5.74, 6) is -0.440. The van der Waals surface area contributed by atoms with Crippen molar-refractivity contribution < 1.29 is 14.3 Å². The number of hydrogen-bond acceptors (Lipinski definition) is 3. The van der Waals surface area contributed by atoms with E-state index in [2.05, 4.69) is 17.4 Å². The molecule has 0 aliphatic heterocycles. The summed E-state index contributed by atoms with van der Waals surface area (Å²) in [5.41, 5.74) is 2.22. The Labute approximate surface area is 167 Å². The molecule has 0 bridgehead atoms. The number of urea groups is 1. The van der Waals surface area contributed by atoms with E-state index < -0.39 is 12.0 Å². The standard InChI is InChI=1S/C23H30N2O3/c1-18(2)25(16-10-15-19-11-6-4-7-12-19)23(27)24-21(22(26)28-3)17-20-13-8-5-9-14-20/h4-9,11-14,18,21H,10,15-17H2,1-3H3,(H,24,27)/t21-/m0/s1. The lowest BCUT2D eigenvalue weighted by molar-refractivity contribution is -0.142. The molecule has 0 saturated heterocycles. The Bertz CT molecular complexity index is 732. The van der Waals surface area contributed by atoms with Gasteiger partial charge in [0.1, 0.15) is 6.04 Å². The minimum absolute atomic E-state index is 0.0331. The molecule has 0 aliphatic carbocycles. The predicted octanol–water partition coefficient (Wildman–Crippen LogP) is 3.82. The first-order chi connectivity index (χ1) is 13.5. The first-order valence-electron chi connectivity index (χ1n) is 9.74. The number of hydrogen-bond donors (Lipinski definition) is 1. The summed E-state index contributed by atoms with van der Waals surface area (Å²) < 4.78 is 4.89. The van der Waals surface area contributed by atoms with Gasteiger partial charge in [0.05, 0.1) is 7.11 Å². The van der Waals surface area contributed by atoms with Gasteiger partial charge >= 0.3 is 12.0 Å². The minimum atomic E-state index is -0.713. The van der Waals surface area contributed by atoms with E-state index in [9.17, 15) is 9.59 Å². The van der Waals surface area contributed by atoms with Gasteiger partial charge in [0.25, 0.3) is 0 Å². The molecule has 0 aliphatic rings. The zero-order chi connectivity index (χ0) is 20.4. The number of nitrogens with one attached hydrogen (secondary N) is 1. The first-order valence-corrected chi connectivity index (χ1v) is 9.74. The van der Waals surface area contributed by atoms with Gasteiger partial charge in [0.15, 0.2) is 0 Å². The third kappa shape index (κ3) is 6.72.